The molecule has 0 saturated carbocycles. The number of rotatable bonds is 5. The lowest BCUT2D eigenvalue weighted by Gasteiger charge is -2.39. The van der Waals surface area contributed by atoms with E-state index in [0.29, 0.717) is 0 Å². The van der Waals surface area contributed by atoms with Crippen LogP contribution in [0, 0.1) is 0 Å². The summed E-state index contributed by atoms with van der Waals surface area (Å²) in [4.78, 5) is 0. The van der Waals surface area contributed by atoms with E-state index in [2.05, 4.69) is 20.8 Å². The van der Waals surface area contributed by atoms with Crippen LogP contribution in [0.2, 0.25) is 0 Å². The second kappa shape index (κ2) is 6.70. The zero-order chi connectivity index (χ0) is 8.91. The Bertz CT molecular complexity index is 96.4. The maximum Gasteiger partial charge on any atom is 0.190 e. The van der Waals surface area contributed by atoms with Gasteiger partial charge in [0.05, 0.1) is 19.6 Å². The van der Waals surface area contributed by atoms with Crippen molar-refractivity contribution >= 4 is 0 Å². The molecule has 12 heavy (non-hydrogen) atoms. The van der Waals surface area contributed by atoms with Crippen LogP contribution in [0.1, 0.15) is 34.1 Å². The van der Waals surface area contributed by atoms with Gasteiger partial charge in [0.15, 0.2) is 6.23 Å². The minimum Gasteiger partial charge on any atom is -1.00 e. The average molecular weight is 196 g/mol. The molecule has 0 heterocycles. The summed E-state index contributed by atoms with van der Waals surface area (Å²) in [6.07, 6.45) is 0.685. The Balaban J connectivity index is 0. The monoisotopic (exact) mass is 195 g/mol. The van der Waals surface area contributed by atoms with E-state index in [9.17, 15) is 5.11 Å². The Kier molecular flexibility index (Phi) is 8.21. The average Bonchev–Trinajstić information content (AvgIpc) is 2.08. The summed E-state index contributed by atoms with van der Waals surface area (Å²) in [5, 5.41) is 9.74. The Hall–Kier alpha value is 0.210. The molecule has 0 spiro atoms. The molecule has 3 heteroatoms. The smallest absolute Gasteiger partial charge is 0.190 e. The van der Waals surface area contributed by atoms with Crippen LogP contribution in [0.25, 0.3) is 0 Å². The van der Waals surface area contributed by atoms with Crippen LogP contribution < -0.4 is 12.4 Å². The molecule has 0 rings (SSSR count). The van der Waals surface area contributed by atoms with Crippen LogP contribution in [0.3, 0.4) is 0 Å². The lowest BCUT2D eigenvalue weighted by atomic mass is 10.2. The van der Waals surface area contributed by atoms with E-state index in [4.69, 9.17) is 0 Å². The third-order valence-corrected chi connectivity index (χ3v) is 2.89. The molecule has 0 radical (unpaired) electrons. The van der Waals surface area contributed by atoms with E-state index in [1.165, 1.54) is 0 Å². The highest BCUT2D eigenvalue weighted by molar-refractivity contribution is 4.41. The quantitative estimate of drug-likeness (QED) is 0.423. The molecule has 0 aliphatic heterocycles. The fraction of sp³-hybridized carbons (Fsp3) is 1.00. The lowest BCUT2D eigenvalue weighted by Crippen LogP contribution is -3.00. The summed E-state index contributed by atoms with van der Waals surface area (Å²) < 4.78 is 0.844. The van der Waals surface area contributed by atoms with Gasteiger partial charge in [-0.05, 0) is 20.8 Å². The second-order valence-corrected chi connectivity index (χ2v) is 3.06. The first-order valence-electron chi connectivity index (χ1n) is 4.70. The lowest BCUT2D eigenvalue weighted by molar-refractivity contribution is -0.966. The van der Waals surface area contributed by atoms with Crippen LogP contribution in [-0.2, 0) is 0 Å². The van der Waals surface area contributed by atoms with Crippen molar-refractivity contribution in [3.8, 4) is 0 Å². The van der Waals surface area contributed by atoms with Gasteiger partial charge in [0.1, 0.15) is 0 Å². The van der Waals surface area contributed by atoms with Gasteiger partial charge in [-0.15, -0.1) is 0 Å². The normalized spacial score (nSPS) is 13.8. The second-order valence-electron chi connectivity index (χ2n) is 3.06. The van der Waals surface area contributed by atoms with E-state index in [-0.39, 0.29) is 18.6 Å². The summed E-state index contributed by atoms with van der Waals surface area (Å²) in [5.41, 5.74) is 0. The fourth-order valence-corrected chi connectivity index (χ4v) is 1.69. The van der Waals surface area contributed by atoms with Gasteiger partial charge in [0.2, 0.25) is 0 Å². The first kappa shape index (κ1) is 14.7. The molecule has 0 bridgehead atoms. The van der Waals surface area contributed by atoms with Gasteiger partial charge in [-0.2, -0.15) is 0 Å². The standard InChI is InChI=1S/C9H22NO.ClH/c1-5-9(11)10(6-2,7-3)8-4;/h9,11H,5-8H2,1-4H3;1H/q+1;/p-1. The zero-order valence-corrected chi connectivity index (χ0v) is 9.43. The van der Waals surface area contributed by atoms with Crippen LogP contribution in [0.5, 0.6) is 0 Å². The highest BCUT2D eigenvalue weighted by Gasteiger charge is 2.28. The largest absolute Gasteiger partial charge is 1.00 e. The third kappa shape index (κ3) is 2.92. The molecular weight excluding hydrogens is 174 g/mol. The molecule has 76 valence electrons. The van der Waals surface area contributed by atoms with Crippen molar-refractivity contribution in [2.75, 3.05) is 19.6 Å². The van der Waals surface area contributed by atoms with Crippen LogP contribution in [0.4, 0.5) is 0 Å². The highest BCUT2D eigenvalue weighted by atomic mass is 35.5. The Labute approximate surface area is 82.6 Å². The molecule has 1 N–H and O–H groups in total. The van der Waals surface area contributed by atoms with Crippen LogP contribution >= 0.6 is 0 Å². The van der Waals surface area contributed by atoms with Crippen molar-refractivity contribution in [3.63, 3.8) is 0 Å². The van der Waals surface area contributed by atoms with Crippen molar-refractivity contribution in [1.82, 2.24) is 0 Å². The van der Waals surface area contributed by atoms with Crippen molar-refractivity contribution < 1.29 is 22.0 Å². The predicted octanol–water partition coefficient (Wildman–Crippen LogP) is -1.40. The van der Waals surface area contributed by atoms with E-state index >= 15 is 0 Å². The molecular formula is C9H22ClNO. The summed E-state index contributed by atoms with van der Waals surface area (Å²) >= 11 is 0. The van der Waals surface area contributed by atoms with Gasteiger partial charge in [-0.1, -0.05) is 6.92 Å². The topological polar surface area (TPSA) is 20.2 Å². The van der Waals surface area contributed by atoms with E-state index in [0.717, 1.165) is 30.5 Å². The Morgan fingerprint density at radius 1 is 1.00 bits per heavy atom. The van der Waals surface area contributed by atoms with E-state index in [1.54, 1.807) is 0 Å². The van der Waals surface area contributed by atoms with Crippen LogP contribution in [0.15, 0.2) is 0 Å². The number of hydrogen-bond acceptors (Lipinski definition) is 1. The molecule has 0 aromatic heterocycles. The first-order valence-corrected chi connectivity index (χ1v) is 4.70. The molecule has 0 saturated heterocycles. The number of hydrogen-bond donors (Lipinski definition) is 1. The van der Waals surface area contributed by atoms with Crippen LogP contribution in [-0.4, -0.2) is 35.5 Å². The van der Waals surface area contributed by atoms with Crippen molar-refractivity contribution in [2.24, 2.45) is 0 Å². The summed E-state index contributed by atoms with van der Waals surface area (Å²) in [5.74, 6) is 0. The van der Waals surface area contributed by atoms with E-state index < -0.39 is 0 Å². The molecule has 0 amide bonds. The molecule has 0 aliphatic rings. The Morgan fingerprint density at radius 2 is 1.33 bits per heavy atom. The minimum absolute atomic E-state index is 0. The van der Waals surface area contributed by atoms with Gasteiger partial charge < -0.3 is 17.5 Å². The molecule has 0 aromatic rings. The Morgan fingerprint density at radius 3 is 1.42 bits per heavy atom. The van der Waals surface area contributed by atoms with Gasteiger partial charge in [-0.25, -0.2) is 0 Å². The number of halogens is 1. The number of aliphatic hydroxyl groups excluding tert-OH is 1. The van der Waals surface area contributed by atoms with Gasteiger partial charge in [0, 0.05) is 6.42 Å². The molecule has 1 unspecified atom stereocenters. The van der Waals surface area contributed by atoms with Crippen molar-refractivity contribution in [2.45, 2.75) is 40.3 Å². The van der Waals surface area contributed by atoms with Gasteiger partial charge >= 0.3 is 0 Å². The van der Waals surface area contributed by atoms with Gasteiger partial charge in [-0.3, -0.25) is 4.48 Å². The maximum absolute atomic E-state index is 9.74. The summed E-state index contributed by atoms with van der Waals surface area (Å²) in [7, 11) is 0. The number of quaternary nitrogens is 1. The molecule has 0 aliphatic carbocycles. The maximum atomic E-state index is 9.74. The van der Waals surface area contributed by atoms with Crippen molar-refractivity contribution in [1.29, 1.82) is 0 Å². The van der Waals surface area contributed by atoms with Crippen molar-refractivity contribution in [3.05, 3.63) is 0 Å². The predicted molar refractivity (Wildman–Crippen MR) is 48.2 cm³/mol. The minimum atomic E-state index is -0.171. The van der Waals surface area contributed by atoms with Gasteiger partial charge in [0.25, 0.3) is 0 Å². The SMILES string of the molecule is CCC(O)[N+](CC)(CC)CC.[Cl-]. The summed E-state index contributed by atoms with van der Waals surface area (Å²) in [6.45, 7) is 11.6. The molecule has 2 nitrogen and oxygen atoms in total. The van der Waals surface area contributed by atoms with E-state index in [1.807, 2.05) is 6.92 Å². The fourth-order valence-electron chi connectivity index (χ4n) is 1.69. The first-order chi connectivity index (χ1) is 5.16. The molecule has 0 fully saturated rings. The zero-order valence-electron chi connectivity index (χ0n) is 8.68. The molecule has 0 aromatic carbocycles. The number of nitrogens with zero attached hydrogens (tertiary/aromatic N) is 1. The molecule has 1 atom stereocenters. The highest BCUT2D eigenvalue weighted by Crippen LogP contribution is 2.13. The third-order valence-electron chi connectivity index (χ3n) is 2.89. The number of aliphatic hydroxyl groups is 1. The summed E-state index contributed by atoms with van der Waals surface area (Å²) in [6, 6.07) is 0.